The molecule has 116 valence electrons. The number of aromatic nitrogens is 2. The van der Waals surface area contributed by atoms with E-state index in [0.717, 1.165) is 5.56 Å². The van der Waals surface area contributed by atoms with E-state index in [4.69, 9.17) is 0 Å². The Hall–Kier alpha value is -2.63. The monoisotopic (exact) mass is 301 g/mol. The van der Waals surface area contributed by atoms with Gasteiger partial charge in [0.15, 0.2) is 0 Å². The van der Waals surface area contributed by atoms with Gasteiger partial charge in [-0.25, -0.2) is 4.79 Å². The van der Waals surface area contributed by atoms with Gasteiger partial charge in [-0.05, 0) is 25.5 Å². The van der Waals surface area contributed by atoms with Crippen molar-refractivity contribution in [3.63, 3.8) is 0 Å². The molecule has 1 heterocycles. The van der Waals surface area contributed by atoms with E-state index in [1.807, 2.05) is 44.2 Å². The first kappa shape index (κ1) is 15.8. The third kappa shape index (κ3) is 3.94. The number of carbonyl (C=O) groups is 2. The van der Waals surface area contributed by atoms with Gasteiger partial charge in [-0.15, -0.1) is 0 Å². The standard InChI is InChI=1S/C16H19N3O3/c1-11(2)19-9-8-13(18-19)15(20)17-14(16(21)22)10-12-6-4-3-5-7-12/h3-9,11,14H,10H2,1-2H3,(H,17,20)(H,21,22)/t14-/m0/s1. The zero-order chi connectivity index (χ0) is 16.1. The minimum absolute atomic E-state index is 0.140. The molecule has 0 saturated carbocycles. The van der Waals surface area contributed by atoms with Crippen LogP contribution < -0.4 is 5.32 Å². The number of aliphatic carboxylic acids is 1. The molecule has 0 fully saturated rings. The average Bonchev–Trinajstić information content (AvgIpc) is 2.97. The maximum absolute atomic E-state index is 12.1. The second-order valence-electron chi connectivity index (χ2n) is 5.33. The first-order valence-electron chi connectivity index (χ1n) is 7.10. The van der Waals surface area contributed by atoms with Gasteiger partial charge in [0.1, 0.15) is 11.7 Å². The number of carboxylic acids is 1. The summed E-state index contributed by atoms with van der Waals surface area (Å²) in [5.41, 5.74) is 1.07. The van der Waals surface area contributed by atoms with Crippen molar-refractivity contribution in [2.24, 2.45) is 0 Å². The third-order valence-electron chi connectivity index (χ3n) is 3.26. The number of carboxylic acid groups (broad SMARTS) is 1. The molecule has 2 rings (SSSR count). The normalized spacial score (nSPS) is 12.1. The molecule has 2 N–H and O–H groups in total. The van der Waals surface area contributed by atoms with Gasteiger partial charge >= 0.3 is 5.97 Å². The number of rotatable bonds is 6. The molecule has 0 aliphatic rings. The van der Waals surface area contributed by atoms with Crippen LogP contribution in [0.5, 0.6) is 0 Å². The SMILES string of the molecule is CC(C)n1ccc(C(=O)N[C@@H](Cc2ccccc2)C(=O)O)n1. The maximum atomic E-state index is 12.1. The topological polar surface area (TPSA) is 84.2 Å². The Morgan fingerprint density at radius 3 is 2.45 bits per heavy atom. The lowest BCUT2D eigenvalue weighted by atomic mass is 10.1. The molecule has 0 unspecified atom stereocenters. The van der Waals surface area contributed by atoms with Gasteiger partial charge < -0.3 is 10.4 Å². The molecule has 22 heavy (non-hydrogen) atoms. The molecule has 0 aliphatic heterocycles. The number of nitrogens with one attached hydrogen (secondary N) is 1. The summed E-state index contributed by atoms with van der Waals surface area (Å²) in [7, 11) is 0. The average molecular weight is 301 g/mol. The summed E-state index contributed by atoms with van der Waals surface area (Å²) in [5, 5.41) is 15.9. The van der Waals surface area contributed by atoms with Crippen molar-refractivity contribution in [1.82, 2.24) is 15.1 Å². The summed E-state index contributed by atoms with van der Waals surface area (Å²) in [6, 6.07) is 9.92. The van der Waals surface area contributed by atoms with Gasteiger partial charge in [-0.1, -0.05) is 30.3 Å². The van der Waals surface area contributed by atoms with Gasteiger partial charge in [0.2, 0.25) is 0 Å². The highest BCUT2D eigenvalue weighted by Crippen LogP contribution is 2.07. The Balaban J connectivity index is 2.07. The highest BCUT2D eigenvalue weighted by atomic mass is 16.4. The molecule has 1 atom stereocenters. The summed E-state index contributed by atoms with van der Waals surface area (Å²) in [5.74, 6) is -1.55. The fraction of sp³-hybridized carbons (Fsp3) is 0.312. The maximum Gasteiger partial charge on any atom is 0.326 e. The molecule has 0 spiro atoms. The van der Waals surface area contributed by atoms with Crippen LogP contribution in [0.3, 0.4) is 0 Å². The zero-order valence-electron chi connectivity index (χ0n) is 12.6. The summed E-state index contributed by atoms with van der Waals surface area (Å²) >= 11 is 0. The Labute approximate surface area is 128 Å². The Kier molecular flexibility index (Phi) is 4.93. The van der Waals surface area contributed by atoms with Crippen LogP contribution in [-0.4, -0.2) is 32.8 Å². The quantitative estimate of drug-likeness (QED) is 0.853. The van der Waals surface area contributed by atoms with Crippen LogP contribution in [0.4, 0.5) is 0 Å². The minimum Gasteiger partial charge on any atom is -0.480 e. The molecule has 0 aliphatic carbocycles. The van der Waals surface area contributed by atoms with E-state index in [9.17, 15) is 14.7 Å². The first-order valence-corrected chi connectivity index (χ1v) is 7.10. The lowest BCUT2D eigenvalue weighted by Gasteiger charge is -2.13. The molecule has 1 aromatic carbocycles. The van der Waals surface area contributed by atoms with Gasteiger partial charge in [-0.2, -0.15) is 5.10 Å². The first-order chi connectivity index (χ1) is 10.5. The van der Waals surface area contributed by atoms with E-state index < -0.39 is 17.9 Å². The number of amides is 1. The number of benzene rings is 1. The van der Waals surface area contributed by atoms with Gasteiger partial charge in [0, 0.05) is 18.7 Å². The van der Waals surface area contributed by atoms with E-state index in [2.05, 4.69) is 10.4 Å². The molecule has 6 heteroatoms. The van der Waals surface area contributed by atoms with Crippen molar-refractivity contribution in [1.29, 1.82) is 0 Å². The molecule has 1 aromatic heterocycles. The Morgan fingerprint density at radius 2 is 1.91 bits per heavy atom. The summed E-state index contributed by atoms with van der Waals surface area (Å²) in [6.45, 7) is 3.90. The van der Waals surface area contributed by atoms with Crippen molar-refractivity contribution in [2.45, 2.75) is 32.4 Å². The van der Waals surface area contributed by atoms with Crippen LogP contribution >= 0.6 is 0 Å². The summed E-state index contributed by atoms with van der Waals surface area (Å²) in [6.07, 6.45) is 1.93. The highest BCUT2D eigenvalue weighted by molar-refractivity contribution is 5.94. The Morgan fingerprint density at radius 1 is 1.23 bits per heavy atom. The largest absolute Gasteiger partial charge is 0.480 e. The lowest BCUT2D eigenvalue weighted by Crippen LogP contribution is -2.42. The number of hydrogen-bond acceptors (Lipinski definition) is 3. The molecular formula is C16H19N3O3. The minimum atomic E-state index is -1.07. The summed E-state index contributed by atoms with van der Waals surface area (Å²) in [4.78, 5) is 23.5. The van der Waals surface area contributed by atoms with Gasteiger partial charge in [0.25, 0.3) is 5.91 Å². The van der Waals surface area contributed by atoms with Crippen LogP contribution in [0.1, 0.15) is 35.9 Å². The van der Waals surface area contributed by atoms with E-state index in [1.165, 1.54) is 0 Å². The predicted octanol–water partition coefficient (Wildman–Crippen LogP) is 1.89. The van der Waals surface area contributed by atoms with Crippen molar-refractivity contribution in [3.05, 3.63) is 53.9 Å². The number of carbonyl (C=O) groups excluding carboxylic acids is 1. The van der Waals surface area contributed by atoms with E-state index in [0.29, 0.717) is 0 Å². The van der Waals surface area contributed by atoms with E-state index >= 15 is 0 Å². The molecule has 0 saturated heterocycles. The second kappa shape index (κ2) is 6.89. The van der Waals surface area contributed by atoms with Crippen LogP contribution in [0.15, 0.2) is 42.6 Å². The van der Waals surface area contributed by atoms with Crippen molar-refractivity contribution < 1.29 is 14.7 Å². The smallest absolute Gasteiger partial charge is 0.326 e. The van der Waals surface area contributed by atoms with Crippen molar-refractivity contribution in [3.8, 4) is 0 Å². The number of nitrogens with zero attached hydrogens (tertiary/aromatic N) is 2. The van der Waals surface area contributed by atoms with Crippen LogP contribution in [0.25, 0.3) is 0 Å². The molecule has 1 amide bonds. The molecule has 6 nitrogen and oxygen atoms in total. The number of hydrogen-bond donors (Lipinski definition) is 2. The third-order valence-corrected chi connectivity index (χ3v) is 3.26. The van der Waals surface area contributed by atoms with Crippen LogP contribution in [-0.2, 0) is 11.2 Å². The molecule has 0 radical (unpaired) electrons. The van der Waals surface area contributed by atoms with Crippen LogP contribution in [0, 0.1) is 0 Å². The molecule has 0 bridgehead atoms. The van der Waals surface area contributed by atoms with Crippen molar-refractivity contribution >= 4 is 11.9 Å². The fourth-order valence-electron chi connectivity index (χ4n) is 2.03. The molecule has 2 aromatic rings. The van der Waals surface area contributed by atoms with Crippen LogP contribution in [0.2, 0.25) is 0 Å². The fourth-order valence-corrected chi connectivity index (χ4v) is 2.03. The lowest BCUT2D eigenvalue weighted by molar-refractivity contribution is -0.139. The summed E-state index contributed by atoms with van der Waals surface area (Å²) < 4.78 is 1.65. The van der Waals surface area contributed by atoms with Gasteiger partial charge in [0.05, 0.1) is 0 Å². The second-order valence-corrected chi connectivity index (χ2v) is 5.33. The highest BCUT2D eigenvalue weighted by Gasteiger charge is 2.22. The Bertz CT molecular complexity index is 650. The van der Waals surface area contributed by atoms with Crippen molar-refractivity contribution in [2.75, 3.05) is 0 Å². The van der Waals surface area contributed by atoms with E-state index in [1.54, 1.807) is 16.9 Å². The van der Waals surface area contributed by atoms with E-state index in [-0.39, 0.29) is 18.2 Å². The molecular weight excluding hydrogens is 282 g/mol. The van der Waals surface area contributed by atoms with Gasteiger partial charge in [-0.3, -0.25) is 9.48 Å². The zero-order valence-corrected chi connectivity index (χ0v) is 12.6. The predicted molar refractivity (Wildman–Crippen MR) is 81.6 cm³/mol.